The van der Waals surface area contributed by atoms with Gasteiger partial charge in [-0.3, -0.25) is 4.90 Å². The molecule has 4 heteroatoms. The molecule has 0 aliphatic carbocycles. The van der Waals surface area contributed by atoms with Crippen LogP contribution in [-0.4, -0.2) is 35.0 Å². The third-order valence-electron chi connectivity index (χ3n) is 4.17. The first-order valence-corrected chi connectivity index (χ1v) is 6.45. The summed E-state index contributed by atoms with van der Waals surface area (Å²) in [5.74, 6) is 0.304. The molecule has 0 unspecified atom stereocenters. The molecule has 0 amide bonds. The van der Waals surface area contributed by atoms with Crippen LogP contribution in [0.4, 0.5) is 4.39 Å². The van der Waals surface area contributed by atoms with Crippen LogP contribution in [0.2, 0.25) is 0 Å². The molecule has 0 bridgehead atoms. The second-order valence-electron chi connectivity index (χ2n) is 5.25. The third kappa shape index (κ3) is 2.12. The van der Waals surface area contributed by atoms with Crippen molar-refractivity contribution in [1.82, 2.24) is 4.90 Å². The Balaban J connectivity index is 1.73. The minimum atomic E-state index is -0.177. The molecule has 0 aromatic heterocycles. The van der Waals surface area contributed by atoms with E-state index in [1.165, 1.54) is 17.7 Å². The van der Waals surface area contributed by atoms with Gasteiger partial charge in [-0.05, 0) is 30.0 Å². The summed E-state index contributed by atoms with van der Waals surface area (Å²) in [7, 11) is 0. The molecule has 1 aromatic carbocycles. The van der Waals surface area contributed by atoms with E-state index in [9.17, 15) is 4.39 Å². The van der Waals surface area contributed by atoms with E-state index in [1.54, 1.807) is 0 Å². The first-order chi connectivity index (χ1) is 8.76. The molecule has 1 aromatic rings. The summed E-state index contributed by atoms with van der Waals surface area (Å²) in [5.41, 5.74) is 2.13. The third-order valence-corrected chi connectivity index (χ3v) is 4.17. The molecule has 0 saturated carbocycles. The number of hydrogen-bond donors (Lipinski definition) is 1. The minimum Gasteiger partial charge on any atom is -0.411 e. The highest BCUT2D eigenvalue weighted by molar-refractivity contribution is 5.85. The Kier molecular flexibility index (Phi) is 3.04. The van der Waals surface area contributed by atoms with Crippen LogP contribution in [0.25, 0.3) is 0 Å². The largest absolute Gasteiger partial charge is 0.411 e. The van der Waals surface area contributed by atoms with Crippen LogP contribution in [0.3, 0.4) is 0 Å². The normalized spacial score (nSPS) is 30.6. The van der Waals surface area contributed by atoms with Gasteiger partial charge in [0, 0.05) is 32.0 Å². The molecule has 18 heavy (non-hydrogen) atoms. The Bertz CT molecular complexity index is 457. The molecule has 2 aliphatic heterocycles. The second kappa shape index (κ2) is 4.69. The van der Waals surface area contributed by atoms with Crippen LogP contribution < -0.4 is 0 Å². The van der Waals surface area contributed by atoms with Gasteiger partial charge in [-0.2, -0.15) is 0 Å². The van der Waals surface area contributed by atoms with E-state index in [2.05, 4.69) is 10.1 Å². The molecule has 2 atom stereocenters. The second-order valence-corrected chi connectivity index (χ2v) is 5.25. The average Bonchev–Trinajstić information content (AvgIpc) is 2.82. The van der Waals surface area contributed by atoms with Gasteiger partial charge in [-0.25, -0.2) is 4.39 Å². The van der Waals surface area contributed by atoms with E-state index in [0.29, 0.717) is 12.0 Å². The van der Waals surface area contributed by atoms with Crippen LogP contribution in [0.1, 0.15) is 30.7 Å². The van der Waals surface area contributed by atoms with Gasteiger partial charge >= 0.3 is 0 Å². The Labute approximate surface area is 106 Å². The number of fused-ring (bicyclic) bond motifs is 1. The van der Waals surface area contributed by atoms with Gasteiger partial charge in [-0.15, -0.1) is 0 Å². The first-order valence-electron chi connectivity index (χ1n) is 6.45. The zero-order valence-corrected chi connectivity index (χ0v) is 10.2. The van der Waals surface area contributed by atoms with Gasteiger partial charge < -0.3 is 5.21 Å². The molecule has 2 saturated heterocycles. The Hall–Kier alpha value is -1.42. The van der Waals surface area contributed by atoms with Crippen molar-refractivity contribution in [3.63, 3.8) is 0 Å². The van der Waals surface area contributed by atoms with E-state index in [4.69, 9.17) is 5.21 Å². The standard InChI is InChI=1S/C14H17FN2O/c15-12-3-1-10(2-4-12)11-7-14-8-13(16-18)5-6-17(14)9-11/h1-4,11,14,18H,5-9H2/t11-,14-/m1/s1. The summed E-state index contributed by atoms with van der Waals surface area (Å²) in [6, 6.07) is 7.33. The summed E-state index contributed by atoms with van der Waals surface area (Å²) >= 11 is 0. The van der Waals surface area contributed by atoms with Crippen molar-refractivity contribution in [2.24, 2.45) is 5.16 Å². The van der Waals surface area contributed by atoms with E-state index in [1.807, 2.05) is 12.1 Å². The molecule has 0 spiro atoms. The van der Waals surface area contributed by atoms with Gasteiger partial charge in [0.2, 0.25) is 0 Å². The summed E-state index contributed by atoms with van der Waals surface area (Å²) in [4.78, 5) is 2.46. The Morgan fingerprint density at radius 1 is 1.28 bits per heavy atom. The van der Waals surface area contributed by atoms with Crippen molar-refractivity contribution >= 4 is 5.71 Å². The lowest BCUT2D eigenvalue weighted by Gasteiger charge is -2.29. The molecule has 1 N–H and O–H groups in total. The molecule has 2 fully saturated rings. The van der Waals surface area contributed by atoms with Gasteiger partial charge in [0.1, 0.15) is 5.82 Å². The molecular formula is C14H17FN2O. The topological polar surface area (TPSA) is 35.8 Å². The zero-order chi connectivity index (χ0) is 12.5. The quantitative estimate of drug-likeness (QED) is 0.612. The van der Waals surface area contributed by atoms with Crippen molar-refractivity contribution in [3.05, 3.63) is 35.6 Å². The monoisotopic (exact) mass is 248 g/mol. The summed E-state index contributed by atoms with van der Waals surface area (Å²) in [5, 5.41) is 12.2. The maximum atomic E-state index is 12.9. The fraction of sp³-hybridized carbons (Fsp3) is 0.500. The highest BCUT2D eigenvalue weighted by Crippen LogP contribution is 2.35. The zero-order valence-electron chi connectivity index (χ0n) is 10.2. The minimum absolute atomic E-state index is 0.177. The summed E-state index contributed by atoms with van der Waals surface area (Å²) in [6.45, 7) is 2.01. The van der Waals surface area contributed by atoms with Crippen molar-refractivity contribution in [1.29, 1.82) is 0 Å². The predicted octanol–water partition coefficient (Wildman–Crippen LogP) is 2.61. The molecule has 3 nitrogen and oxygen atoms in total. The molecule has 0 radical (unpaired) electrons. The number of benzene rings is 1. The maximum absolute atomic E-state index is 12.9. The summed E-state index contributed by atoms with van der Waals surface area (Å²) in [6.07, 6.45) is 2.81. The van der Waals surface area contributed by atoms with E-state index >= 15 is 0 Å². The van der Waals surface area contributed by atoms with Crippen LogP contribution >= 0.6 is 0 Å². The SMILES string of the molecule is ON=C1CCN2C[C@H](c3ccc(F)cc3)C[C@@H]2C1. The highest BCUT2D eigenvalue weighted by atomic mass is 19.1. The van der Waals surface area contributed by atoms with Crippen molar-refractivity contribution in [2.45, 2.75) is 31.2 Å². The number of nitrogens with zero attached hydrogens (tertiary/aromatic N) is 2. The number of piperidine rings is 1. The predicted molar refractivity (Wildman–Crippen MR) is 67.6 cm³/mol. The van der Waals surface area contributed by atoms with Gasteiger partial charge in [0.15, 0.2) is 0 Å². The number of oxime groups is 1. The van der Waals surface area contributed by atoms with Crippen LogP contribution in [0, 0.1) is 5.82 Å². The molecule has 2 aliphatic rings. The van der Waals surface area contributed by atoms with E-state index in [0.717, 1.165) is 38.1 Å². The number of halogens is 1. The Morgan fingerprint density at radius 3 is 2.78 bits per heavy atom. The van der Waals surface area contributed by atoms with Crippen LogP contribution in [-0.2, 0) is 0 Å². The van der Waals surface area contributed by atoms with Gasteiger partial charge in [-0.1, -0.05) is 17.3 Å². The lowest BCUT2D eigenvalue weighted by Crippen LogP contribution is -2.38. The molecule has 96 valence electrons. The van der Waals surface area contributed by atoms with E-state index < -0.39 is 0 Å². The maximum Gasteiger partial charge on any atom is 0.123 e. The van der Waals surface area contributed by atoms with Crippen LogP contribution in [0.15, 0.2) is 29.4 Å². The lowest BCUT2D eigenvalue weighted by atomic mass is 9.94. The highest BCUT2D eigenvalue weighted by Gasteiger charge is 2.36. The van der Waals surface area contributed by atoms with Crippen LogP contribution in [0.5, 0.6) is 0 Å². The summed E-state index contributed by atoms with van der Waals surface area (Å²) < 4.78 is 12.9. The smallest absolute Gasteiger partial charge is 0.123 e. The van der Waals surface area contributed by atoms with Crippen molar-refractivity contribution in [2.75, 3.05) is 13.1 Å². The molecule has 3 rings (SSSR count). The average molecular weight is 248 g/mol. The van der Waals surface area contributed by atoms with Gasteiger partial charge in [0.25, 0.3) is 0 Å². The lowest BCUT2D eigenvalue weighted by molar-refractivity contribution is 0.239. The van der Waals surface area contributed by atoms with Crippen molar-refractivity contribution < 1.29 is 9.60 Å². The molecular weight excluding hydrogens is 231 g/mol. The first kappa shape index (κ1) is 11.7. The molecule has 2 heterocycles. The van der Waals surface area contributed by atoms with Crippen molar-refractivity contribution in [3.8, 4) is 0 Å². The number of rotatable bonds is 1. The van der Waals surface area contributed by atoms with E-state index in [-0.39, 0.29) is 5.82 Å². The fourth-order valence-electron chi connectivity index (χ4n) is 3.18. The fourth-order valence-corrected chi connectivity index (χ4v) is 3.18. The Morgan fingerprint density at radius 2 is 2.06 bits per heavy atom. The number of hydrogen-bond acceptors (Lipinski definition) is 3. The van der Waals surface area contributed by atoms with Gasteiger partial charge in [0.05, 0.1) is 5.71 Å².